The number of nitrogens with two attached hydrogens (primary N) is 1. The third-order valence-corrected chi connectivity index (χ3v) is 4.88. The standard InChI is InChI=1S/C13H10N2O3S2/c14-20(17,18)9-3-1-2-8(6-9)11-7-19-12-10(11)4-5-15-13(12)16/h1-7H,(H,15,16)(H2,14,17,18). The van der Waals surface area contributed by atoms with Gasteiger partial charge in [0, 0.05) is 22.5 Å². The number of hydrogen-bond donors (Lipinski definition) is 2. The van der Waals surface area contributed by atoms with Crippen LogP contribution in [0.15, 0.2) is 51.6 Å². The number of aromatic nitrogens is 1. The molecule has 0 radical (unpaired) electrons. The van der Waals surface area contributed by atoms with Crippen molar-refractivity contribution in [2.45, 2.75) is 4.90 Å². The Morgan fingerprint density at radius 3 is 2.75 bits per heavy atom. The zero-order valence-electron chi connectivity index (χ0n) is 10.2. The van der Waals surface area contributed by atoms with Gasteiger partial charge in [-0.2, -0.15) is 0 Å². The third kappa shape index (κ3) is 2.15. The molecule has 0 atom stereocenters. The second-order valence-corrected chi connectivity index (χ2v) is 6.71. The van der Waals surface area contributed by atoms with Gasteiger partial charge in [-0.05, 0) is 23.8 Å². The van der Waals surface area contributed by atoms with Gasteiger partial charge < -0.3 is 4.98 Å². The van der Waals surface area contributed by atoms with E-state index < -0.39 is 10.0 Å². The number of benzene rings is 1. The van der Waals surface area contributed by atoms with Crippen molar-refractivity contribution >= 4 is 31.4 Å². The van der Waals surface area contributed by atoms with Crippen LogP contribution in [0.25, 0.3) is 21.2 Å². The second-order valence-electron chi connectivity index (χ2n) is 4.27. The smallest absolute Gasteiger partial charge is 0.265 e. The summed E-state index contributed by atoms with van der Waals surface area (Å²) < 4.78 is 23.4. The van der Waals surface area contributed by atoms with Gasteiger partial charge in [0.25, 0.3) is 5.56 Å². The average Bonchev–Trinajstić information content (AvgIpc) is 2.83. The summed E-state index contributed by atoms with van der Waals surface area (Å²) in [6, 6.07) is 8.17. The largest absolute Gasteiger partial charge is 0.328 e. The fourth-order valence-electron chi connectivity index (χ4n) is 2.04. The van der Waals surface area contributed by atoms with E-state index in [-0.39, 0.29) is 10.5 Å². The van der Waals surface area contributed by atoms with Crippen LogP contribution >= 0.6 is 11.3 Å². The number of hydrogen-bond acceptors (Lipinski definition) is 4. The highest BCUT2D eigenvalue weighted by molar-refractivity contribution is 7.89. The van der Waals surface area contributed by atoms with E-state index in [9.17, 15) is 13.2 Å². The first-order valence-electron chi connectivity index (χ1n) is 5.69. The zero-order chi connectivity index (χ0) is 14.3. The minimum absolute atomic E-state index is 0.0548. The first kappa shape index (κ1) is 13.0. The summed E-state index contributed by atoms with van der Waals surface area (Å²) >= 11 is 1.32. The van der Waals surface area contributed by atoms with Crippen LogP contribution in [-0.4, -0.2) is 13.4 Å². The fraction of sp³-hybridized carbons (Fsp3) is 0. The second kappa shape index (κ2) is 4.55. The molecule has 0 spiro atoms. The lowest BCUT2D eigenvalue weighted by molar-refractivity contribution is 0.598. The minimum atomic E-state index is -3.74. The van der Waals surface area contributed by atoms with Crippen molar-refractivity contribution in [3.05, 3.63) is 52.3 Å². The molecule has 5 nitrogen and oxygen atoms in total. The molecule has 0 saturated heterocycles. The molecule has 20 heavy (non-hydrogen) atoms. The van der Waals surface area contributed by atoms with Gasteiger partial charge in [-0.25, -0.2) is 13.6 Å². The molecule has 0 saturated carbocycles. The van der Waals surface area contributed by atoms with E-state index in [1.54, 1.807) is 24.4 Å². The van der Waals surface area contributed by atoms with Crippen LogP contribution in [0.4, 0.5) is 0 Å². The lowest BCUT2D eigenvalue weighted by Crippen LogP contribution is -2.11. The van der Waals surface area contributed by atoms with E-state index in [0.29, 0.717) is 10.3 Å². The average molecular weight is 306 g/mol. The van der Waals surface area contributed by atoms with Crippen molar-refractivity contribution in [3.8, 4) is 11.1 Å². The first-order chi connectivity index (χ1) is 9.47. The number of H-pyrrole nitrogens is 1. The van der Waals surface area contributed by atoms with Crippen molar-refractivity contribution in [1.29, 1.82) is 0 Å². The Hall–Kier alpha value is -1.96. The van der Waals surface area contributed by atoms with Crippen molar-refractivity contribution < 1.29 is 8.42 Å². The van der Waals surface area contributed by atoms with Crippen molar-refractivity contribution in [2.75, 3.05) is 0 Å². The molecule has 0 bridgehead atoms. The summed E-state index contributed by atoms with van der Waals surface area (Å²) in [5.74, 6) is 0. The quantitative estimate of drug-likeness (QED) is 0.757. The van der Waals surface area contributed by atoms with Gasteiger partial charge in [0.2, 0.25) is 10.0 Å². The van der Waals surface area contributed by atoms with Gasteiger partial charge in [-0.15, -0.1) is 11.3 Å². The van der Waals surface area contributed by atoms with E-state index in [0.717, 1.165) is 10.9 Å². The molecule has 0 amide bonds. The van der Waals surface area contributed by atoms with Crippen molar-refractivity contribution in [1.82, 2.24) is 4.98 Å². The molecule has 0 fully saturated rings. The van der Waals surface area contributed by atoms with Crippen LogP contribution in [-0.2, 0) is 10.0 Å². The number of rotatable bonds is 2. The molecule has 0 aliphatic carbocycles. The van der Waals surface area contributed by atoms with Crippen molar-refractivity contribution in [3.63, 3.8) is 0 Å². The molecular weight excluding hydrogens is 296 g/mol. The van der Waals surface area contributed by atoms with Gasteiger partial charge in [0.05, 0.1) is 4.90 Å². The molecule has 2 heterocycles. The highest BCUT2D eigenvalue weighted by Gasteiger charge is 2.12. The van der Waals surface area contributed by atoms with Gasteiger partial charge in [-0.3, -0.25) is 4.79 Å². The fourth-order valence-corrected chi connectivity index (χ4v) is 3.57. The molecule has 0 unspecified atom stereocenters. The SMILES string of the molecule is NS(=O)(=O)c1cccc(-c2csc3c(=O)[nH]ccc23)c1. The van der Waals surface area contributed by atoms with Crippen molar-refractivity contribution in [2.24, 2.45) is 5.14 Å². The van der Waals surface area contributed by atoms with Gasteiger partial charge in [-0.1, -0.05) is 12.1 Å². The summed E-state index contributed by atoms with van der Waals surface area (Å²) in [5.41, 5.74) is 1.39. The molecule has 0 aliphatic heterocycles. The van der Waals surface area contributed by atoms with E-state index in [1.165, 1.54) is 23.5 Å². The lowest BCUT2D eigenvalue weighted by Gasteiger charge is -2.03. The molecule has 2 aromatic heterocycles. The molecule has 3 aromatic rings. The summed E-state index contributed by atoms with van der Waals surface area (Å²) in [6.45, 7) is 0. The maximum atomic E-state index is 11.7. The van der Waals surface area contributed by atoms with Crippen LogP contribution in [0.5, 0.6) is 0 Å². The Morgan fingerprint density at radius 1 is 1.20 bits per heavy atom. The van der Waals surface area contributed by atoms with Crippen LogP contribution in [0, 0.1) is 0 Å². The number of thiophene rings is 1. The molecular formula is C13H10N2O3S2. The molecule has 0 aliphatic rings. The Bertz CT molecular complexity index is 955. The monoisotopic (exact) mass is 306 g/mol. The summed E-state index contributed by atoms with van der Waals surface area (Å²) in [6.07, 6.45) is 1.57. The van der Waals surface area contributed by atoms with Crippen LogP contribution in [0.3, 0.4) is 0 Å². The number of pyridine rings is 1. The zero-order valence-corrected chi connectivity index (χ0v) is 11.8. The molecule has 3 N–H and O–H groups in total. The molecule has 102 valence electrons. The molecule has 7 heteroatoms. The summed E-state index contributed by atoms with van der Waals surface area (Å²) in [7, 11) is -3.74. The maximum absolute atomic E-state index is 11.7. The number of sulfonamides is 1. The van der Waals surface area contributed by atoms with Gasteiger partial charge >= 0.3 is 0 Å². The van der Waals surface area contributed by atoms with E-state index >= 15 is 0 Å². The van der Waals surface area contributed by atoms with Crippen LogP contribution < -0.4 is 10.7 Å². The first-order valence-corrected chi connectivity index (χ1v) is 8.11. The summed E-state index contributed by atoms with van der Waals surface area (Å²) in [5, 5.41) is 7.77. The van der Waals surface area contributed by atoms with E-state index in [1.807, 2.05) is 5.38 Å². The Labute approximate surface area is 118 Å². The number of primary sulfonamides is 1. The number of nitrogens with one attached hydrogen (secondary N) is 1. The number of fused-ring (bicyclic) bond motifs is 1. The molecule has 1 aromatic carbocycles. The van der Waals surface area contributed by atoms with Gasteiger partial charge in [0.1, 0.15) is 4.70 Å². The predicted octanol–water partition coefficient (Wildman–Crippen LogP) is 1.90. The highest BCUT2D eigenvalue weighted by Crippen LogP contribution is 2.32. The Kier molecular flexibility index (Phi) is 2.97. The van der Waals surface area contributed by atoms with Gasteiger partial charge in [0.15, 0.2) is 0 Å². The van der Waals surface area contributed by atoms with Crippen LogP contribution in [0.1, 0.15) is 0 Å². The maximum Gasteiger partial charge on any atom is 0.265 e. The Balaban J connectivity index is 2.27. The highest BCUT2D eigenvalue weighted by atomic mass is 32.2. The lowest BCUT2D eigenvalue weighted by atomic mass is 10.1. The molecule has 3 rings (SSSR count). The number of aromatic amines is 1. The normalized spacial score (nSPS) is 11.8. The van der Waals surface area contributed by atoms with Crippen LogP contribution in [0.2, 0.25) is 0 Å². The predicted molar refractivity (Wildman–Crippen MR) is 79.3 cm³/mol. The third-order valence-electron chi connectivity index (χ3n) is 2.97. The topological polar surface area (TPSA) is 93.0 Å². The summed E-state index contributed by atoms with van der Waals surface area (Å²) in [4.78, 5) is 14.4. The van der Waals surface area contributed by atoms with E-state index in [4.69, 9.17) is 5.14 Å². The Morgan fingerprint density at radius 2 is 2.00 bits per heavy atom. The van der Waals surface area contributed by atoms with E-state index in [2.05, 4.69) is 4.98 Å². The minimum Gasteiger partial charge on any atom is -0.328 e.